The Morgan fingerprint density at radius 1 is 1.38 bits per heavy atom. The van der Waals surface area contributed by atoms with Crippen molar-refractivity contribution in [3.63, 3.8) is 0 Å². The van der Waals surface area contributed by atoms with Crippen molar-refractivity contribution in [1.82, 2.24) is 9.78 Å². The van der Waals surface area contributed by atoms with E-state index in [-0.39, 0.29) is 17.9 Å². The summed E-state index contributed by atoms with van der Waals surface area (Å²) >= 11 is 3.24. The number of anilines is 1. The second kappa shape index (κ2) is 7.04. The van der Waals surface area contributed by atoms with Crippen LogP contribution in [0.15, 0.2) is 39.7 Å². The van der Waals surface area contributed by atoms with E-state index in [1.807, 2.05) is 0 Å². The van der Waals surface area contributed by atoms with Crippen LogP contribution in [0, 0.1) is 18.2 Å². The average molecular weight is 350 g/mol. The minimum absolute atomic E-state index is 0.132. The van der Waals surface area contributed by atoms with Gasteiger partial charge in [-0.2, -0.15) is 5.10 Å². The monoisotopic (exact) mass is 349 g/mol. The molecule has 0 spiro atoms. The lowest BCUT2D eigenvalue weighted by molar-refractivity contribution is 0.627. The van der Waals surface area contributed by atoms with Crippen LogP contribution in [0.5, 0.6) is 0 Å². The van der Waals surface area contributed by atoms with E-state index < -0.39 is 0 Å². The summed E-state index contributed by atoms with van der Waals surface area (Å²) in [5.41, 5.74) is 1.34. The number of hydrogen-bond acceptors (Lipinski definition) is 3. The Morgan fingerprint density at radius 3 is 2.76 bits per heavy atom. The molecule has 1 heterocycles. The fraction of sp³-hybridized carbons (Fsp3) is 0.200. The van der Waals surface area contributed by atoms with Crippen molar-refractivity contribution in [2.45, 2.75) is 13.0 Å². The second-order valence-electron chi connectivity index (χ2n) is 4.34. The maximum Gasteiger partial charge on any atom is 0.284 e. The molecule has 2 rings (SSSR count). The van der Waals surface area contributed by atoms with Gasteiger partial charge < -0.3 is 5.32 Å². The summed E-state index contributed by atoms with van der Waals surface area (Å²) in [4.78, 5) is 11.9. The van der Waals surface area contributed by atoms with Crippen molar-refractivity contribution >= 4 is 21.6 Å². The van der Waals surface area contributed by atoms with Crippen LogP contribution < -0.4 is 10.9 Å². The minimum atomic E-state index is -0.278. The van der Waals surface area contributed by atoms with Gasteiger partial charge in [0.25, 0.3) is 5.56 Å². The van der Waals surface area contributed by atoms with Crippen molar-refractivity contribution in [2.24, 2.45) is 0 Å². The van der Waals surface area contributed by atoms with Gasteiger partial charge in [0.2, 0.25) is 0 Å². The topological polar surface area (TPSA) is 46.9 Å². The molecule has 0 saturated carbocycles. The fourth-order valence-electron chi connectivity index (χ4n) is 1.78. The molecule has 0 aliphatic rings. The van der Waals surface area contributed by atoms with E-state index in [2.05, 4.69) is 32.3 Å². The van der Waals surface area contributed by atoms with Gasteiger partial charge in [0, 0.05) is 6.54 Å². The standard InChI is InChI=1S/C15H13BrFN3O/c1-2-9-20-15(21)14(16)13(10-19-20)18-8-7-11-3-5-12(17)6-4-11/h1,3-6,10,18H,7-9H2. The van der Waals surface area contributed by atoms with E-state index in [0.29, 0.717) is 23.1 Å². The van der Waals surface area contributed by atoms with Crippen LogP contribution in [-0.2, 0) is 13.0 Å². The average Bonchev–Trinajstić information content (AvgIpc) is 2.48. The van der Waals surface area contributed by atoms with Crippen molar-refractivity contribution in [2.75, 3.05) is 11.9 Å². The Bertz CT molecular complexity index is 719. The largest absolute Gasteiger partial charge is 0.382 e. The molecular formula is C15H13BrFN3O. The maximum absolute atomic E-state index is 12.8. The highest BCUT2D eigenvalue weighted by Gasteiger charge is 2.07. The first-order chi connectivity index (χ1) is 10.1. The molecule has 1 aromatic heterocycles. The SMILES string of the molecule is C#CCn1ncc(NCCc2ccc(F)cc2)c(Br)c1=O. The van der Waals surface area contributed by atoms with Crippen LogP contribution in [0.1, 0.15) is 5.56 Å². The van der Waals surface area contributed by atoms with Gasteiger partial charge in [-0.25, -0.2) is 9.07 Å². The van der Waals surface area contributed by atoms with E-state index in [1.165, 1.54) is 16.8 Å². The van der Waals surface area contributed by atoms with Crippen LogP contribution in [-0.4, -0.2) is 16.3 Å². The van der Waals surface area contributed by atoms with Gasteiger partial charge in [-0.15, -0.1) is 6.42 Å². The van der Waals surface area contributed by atoms with Gasteiger partial charge in [0.1, 0.15) is 16.8 Å². The third kappa shape index (κ3) is 3.92. The molecule has 1 aromatic carbocycles. The molecule has 6 heteroatoms. The first-order valence-electron chi connectivity index (χ1n) is 6.29. The molecule has 0 fully saturated rings. The Hall–Kier alpha value is -2.13. The zero-order chi connectivity index (χ0) is 15.2. The minimum Gasteiger partial charge on any atom is -0.382 e. The molecular weight excluding hydrogens is 337 g/mol. The lowest BCUT2D eigenvalue weighted by Gasteiger charge is -2.09. The summed E-state index contributed by atoms with van der Waals surface area (Å²) in [6.45, 7) is 0.734. The Labute approximate surface area is 130 Å². The summed E-state index contributed by atoms with van der Waals surface area (Å²) in [5, 5.41) is 7.10. The number of rotatable bonds is 5. The van der Waals surface area contributed by atoms with Gasteiger partial charge in [-0.1, -0.05) is 18.1 Å². The molecule has 0 saturated heterocycles. The lowest BCUT2D eigenvalue weighted by atomic mass is 10.1. The molecule has 0 bridgehead atoms. The molecule has 108 valence electrons. The summed E-state index contributed by atoms with van der Waals surface area (Å²) in [7, 11) is 0. The highest BCUT2D eigenvalue weighted by Crippen LogP contribution is 2.16. The van der Waals surface area contributed by atoms with E-state index in [4.69, 9.17) is 6.42 Å². The Kier molecular flexibility index (Phi) is 5.12. The predicted octanol–water partition coefficient (Wildman–Crippen LogP) is 2.43. The molecule has 0 unspecified atom stereocenters. The maximum atomic E-state index is 12.8. The fourth-order valence-corrected chi connectivity index (χ4v) is 2.23. The molecule has 1 N–H and O–H groups in total. The van der Waals surface area contributed by atoms with Gasteiger partial charge in [-0.3, -0.25) is 4.79 Å². The van der Waals surface area contributed by atoms with E-state index in [0.717, 1.165) is 5.56 Å². The smallest absolute Gasteiger partial charge is 0.284 e. The number of aromatic nitrogens is 2. The van der Waals surface area contributed by atoms with Crippen LogP contribution in [0.2, 0.25) is 0 Å². The van der Waals surface area contributed by atoms with E-state index in [1.54, 1.807) is 18.3 Å². The van der Waals surface area contributed by atoms with Gasteiger partial charge >= 0.3 is 0 Å². The number of halogens is 2. The molecule has 0 amide bonds. The van der Waals surface area contributed by atoms with Crippen molar-refractivity contribution < 1.29 is 4.39 Å². The number of benzene rings is 1. The summed E-state index contributed by atoms with van der Waals surface area (Å²) in [5.74, 6) is 2.12. The predicted molar refractivity (Wildman–Crippen MR) is 83.6 cm³/mol. The zero-order valence-electron chi connectivity index (χ0n) is 11.1. The van der Waals surface area contributed by atoms with Crippen LogP contribution in [0.3, 0.4) is 0 Å². The first-order valence-corrected chi connectivity index (χ1v) is 7.08. The number of hydrogen-bond donors (Lipinski definition) is 1. The zero-order valence-corrected chi connectivity index (χ0v) is 12.7. The van der Waals surface area contributed by atoms with E-state index >= 15 is 0 Å². The lowest BCUT2D eigenvalue weighted by Crippen LogP contribution is -2.24. The Morgan fingerprint density at radius 2 is 2.10 bits per heavy atom. The second-order valence-corrected chi connectivity index (χ2v) is 5.14. The highest BCUT2D eigenvalue weighted by molar-refractivity contribution is 9.10. The highest BCUT2D eigenvalue weighted by atomic mass is 79.9. The summed E-state index contributed by atoms with van der Waals surface area (Å²) < 4.78 is 14.4. The number of terminal acetylenes is 1. The van der Waals surface area contributed by atoms with Crippen molar-refractivity contribution in [3.8, 4) is 12.3 Å². The van der Waals surface area contributed by atoms with Crippen molar-refractivity contribution in [3.05, 3.63) is 56.7 Å². The molecule has 21 heavy (non-hydrogen) atoms. The van der Waals surface area contributed by atoms with Gasteiger partial charge in [0.05, 0.1) is 11.9 Å². The van der Waals surface area contributed by atoms with Crippen LogP contribution in [0.4, 0.5) is 10.1 Å². The quantitative estimate of drug-likeness (QED) is 0.843. The van der Waals surface area contributed by atoms with Crippen LogP contribution >= 0.6 is 15.9 Å². The molecule has 0 atom stereocenters. The molecule has 2 aromatic rings. The molecule has 0 aliphatic carbocycles. The van der Waals surface area contributed by atoms with Gasteiger partial charge in [-0.05, 0) is 40.0 Å². The molecule has 0 aliphatic heterocycles. The van der Waals surface area contributed by atoms with Gasteiger partial charge in [0.15, 0.2) is 0 Å². The Balaban J connectivity index is 2.01. The third-order valence-corrected chi connectivity index (χ3v) is 3.63. The number of nitrogens with zero attached hydrogens (tertiary/aromatic N) is 2. The summed E-state index contributed by atoms with van der Waals surface area (Å²) in [6.07, 6.45) is 7.42. The summed E-state index contributed by atoms with van der Waals surface area (Å²) in [6, 6.07) is 6.31. The number of nitrogens with one attached hydrogen (secondary N) is 1. The van der Waals surface area contributed by atoms with Crippen molar-refractivity contribution in [1.29, 1.82) is 0 Å². The van der Waals surface area contributed by atoms with E-state index in [9.17, 15) is 9.18 Å². The van der Waals surface area contributed by atoms with Crippen LogP contribution in [0.25, 0.3) is 0 Å². The molecule has 4 nitrogen and oxygen atoms in total. The third-order valence-electron chi connectivity index (χ3n) is 2.87. The normalized spacial score (nSPS) is 10.1. The molecule has 0 radical (unpaired) electrons. The first kappa shape index (κ1) is 15.3.